The Morgan fingerprint density at radius 3 is 2.42 bits per heavy atom. The number of halogens is 2. The second-order valence-electron chi connectivity index (χ2n) is 4.41. The topological polar surface area (TPSA) is 48.3 Å². The maximum Gasteiger partial charge on any atom is 0.258 e. The van der Waals surface area contributed by atoms with Gasteiger partial charge in [0, 0.05) is 12.4 Å². The number of rotatable bonds is 0. The van der Waals surface area contributed by atoms with Gasteiger partial charge in [0.1, 0.15) is 6.61 Å². The van der Waals surface area contributed by atoms with Crippen LogP contribution in [0.2, 0.25) is 0 Å². The van der Waals surface area contributed by atoms with Crippen LogP contribution in [-0.2, 0) is 18.4 Å². The predicted octanol–water partition coefficient (Wildman–Crippen LogP) is 1.53. The fourth-order valence-electron chi connectivity index (χ4n) is 2.35. The predicted molar refractivity (Wildman–Crippen MR) is 63.1 cm³/mol. The van der Waals surface area contributed by atoms with Crippen molar-refractivity contribution in [3.8, 4) is 0 Å². The zero-order valence-electron chi connectivity index (χ0n) is 10.00. The van der Waals surface area contributed by atoms with Crippen molar-refractivity contribution in [2.75, 3.05) is 6.61 Å². The van der Waals surface area contributed by atoms with E-state index in [1.807, 2.05) is 0 Å². The van der Waals surface area contributed by atoms with Gasteiger partial charge < -0.3 is 9.30 Å². The van der Waals surface area contributed by atoms with Crippen molar-refractivity contribution < 1.29 is 18.3 Å². The number of nitrogens with zero attached hydrogens (tertiary/aromatic N) is 1. The zero-order valence-corrected chi connectivity index (χ0v) is 10.00. The summed E-state index contributed by atoms with van der Waals surface area (Å²) in [4.78, 5) is 24.0. The summed E-state index contributed by atoms with van der Waals surface area (Å²) in [5.74, 6) is -2.53. The van der Waals surface area contributed by atoms with Crippen LogP contribution in [0.25, 0.3) is 10.8 Å². The van der Waals surface area contributed by atoms with Gasteiger partial charge in [0.25, 0.3) is 5.56 Å². The molecule has 0 N–H and O–H groups in total. The molecule has 0 radical (unpaired) electrons. The second kappa shape index (κ2) is 3.96. The lowest BCUT2D eigenvalue weighted by atomic mass is 9.99. The minimum absolute atomic E-state index is 0.00426. The number of pyridine rings is 1. The molecule has 0 bridgehead atoms. The normalized spacial score (nSPS) is 14.8. The first kappa shape index (κ1) is 12.0. The Bertz CT molecular complexity index is 780. The van der Waals surface area contributed by atoms with Crippen LogP contribution in [0.1, 0.15) is 16.1 Å². The summed E-state index contributed by atoms with van der Waals surface area (Å²) in [6.07, 6.45) is 0. The molecular formula is C13H9F2NO3. The molecule has 0 amide bonds. The van der Waals surface area contributed by atoms with Gasteiger partial charge >= 0.3 is 0 Å². The van der Waals surface area contributed by atoms with Crippen LogP contribution in [0.4, 0.5) is 8.78 Å². The molecule has 2 aromatic rings. The van der Waals surface area contributed by atoms with Crippen molar-refractivity contribution in [2.45, 2.75) is 6.61 Å². The van der Waals surface area contributed by atoms with E-state index in [2.05, 4.69) is 0 Å². The van der Waals surface area contributed by atoms with Gasteiger partial charge in [-0.3, -0.25) is 9.59 Å². The lowest BCUT2D eigenvalue weighted by Crippen LogP contribution is -2.29. The van der Waals surface area contributed by atoms with Crippen LogP contribution in [-0.4, -0.2) is 17.0 Å². The third kappa shape index (κ3) is 1.60. The molecule has 0 fully saturated rings. The van der Waals surface area contributed by atoms with Crippen molar-refractivity contribution in [2.24, 2.45) is 7.05 Å². The maximum atomic E-state index is 13.4. The highest BCUT2D eigenvalue weighted by Gasteiger charge is 2.25. The standard InChI is InChI=1S/C13H9F2NO3/c1-16-10-4-19-5-11(17)12(10)6-2-8(14)9(15)3-7(6)13(16)18/h2-3H,4-5H2,1H3. The number of Topliss-reactive ketones (excluding diaryl/α,β-unsaturated/α-hetero) is 1. The third-order valence-electron chi connectivity index (χ3n) is 3.31. The summed E-state index contributed by atoms with van der Waals surface area (Å²) in [5.41, 5.74) is 0.146. The molecule has 4 nitrogen and oxygen atoms in total. The zero-order chi connectivity index (χ0) is 13.7. The molecule has 0 atom stereocenters. The molecule has 1 aromatic carbocycles. The summed E-state index contributed by atoms with van der Waals surface area (Å²) in [5, 5.41) is 0.140. The van der Waals surface area contributed by atoms with Crippen molar-refractivity contribution in [1.29, 1.82) is 0 Å². The summed E-state index contributed by atoms with van der Waals surface area (Å²) in [6, 6.07) is 1.73. The summed E-state index contributed by atoms with van der Waals surface area (Å²) >= 11 is 0. The number of ketones is 1. The van der Waals surface area contributed by atoms with Crippen molar-refractivity contribution >= 4 is 16.6 Å². The SMILES string of the molecule is Cn1c2c(c3cc(F)c(F)cc3c1=O)C(=O)COC2. The monoisotopic (exact) mass is 265 g/mol. The quantitative estimate of drug-likeness (QED) is 0.725. The average molecular weight is 265 g/mol. The summed E-state index contributed by atoms with van der Waals surface area (Å²) in [7, 11) is 1.48. The van der Waals surface area contributed by atoms with Gasteiger partial charge in [-0.25, -0.2) is 8.78 Å². The Kier molecular flexibility index (Phi) is 2.50. The highest BCUT2D eigenvalue weighted by molar-refractivity contribution is 6.10. The molecular weight excluding hydrogens is 256 g/mol. The van der Waals surface area contributed by atoms with E-state index in [-0.39, 0.29) is 35.3 Å². The van der Waals surface area contributed by atoms with Crippen LogP contribution >= 0.6 is 0 Å². The molecule has 0 saturated heterocycles. The Balaban J connectivity index is 2.56. The highest BCUT2D eigenvalue weighted by Crippen LogP contribution is 2.25. The number of carbonyl (C=O) groups is 1. The fraction of sp³-hybridized carbons (Fsp3) is 0.231. The molecule has 1 aliphatic heterocycles. The molecule has 0 unspecified atom stereocenters. The average Bonchev–Trinajstić information content (AvgIpc) is 2.38. The second-order valence-corrected chi connectivity index (χ2v) is 4.41. The number of fused-ring (bicyclic) bond motifs is 3. The van der Waals surface area contributed by atoms with Crippen molar-refractivity contribution in [3.63, 3.8) is 0 Å². The summed E-state index contributed by atoms with van der Waals surface area (Å²) < 4.78 is 32.9. The van der Waals surface area contributed by atoms with Crippen LogP contribution in [0.15, 0.2) is 16.9 Å². The van der Waals surface area contributed by atoms with Crippen LogP contribution < -0.4 is 5.56 Å². The largest absolute Gasteiger partial charge is 0.367 e. The molecule has 19 heavy (non-hydrogen) atoms. The molecule has 3 rings (SSSR count). The van der Waals surface area contributed by atoms with E-state index in [1.54, 1.807) is 0 Å². The van der Waals surface area contributed by atoms with Gasteiger partial charge in [0.05, 0.1) is 23.3 Å². The molecule has 0 spiro atoms. The Hall–Kier alpha value is -2.08. The number of hydrogen-bond acceptors (Lipinski definition) is 3. The first-order valence-electron chi connectivity index (χ1n) is 5.62. The van der Waals surface area contributed by atoms with Gasteiger partial charge in [-0.15, -0.1) is 0 Å². The Labute approximate surface area is 106 Å². The molecule has 1 aromatic heterocycles. The van der Waals surface area contributed by atoms with E-state index < -0.39 is 17.2 Å². The van der Waals surface area contributed by atoms with Gasteiger partial charge in [0.2, 0.25) is 0 Å². The lowest BCUT2D eigenvalue weighted by Gasteiger charge is -2.20. The van der Waals surface area contributed by atoms with Gasteiger partial charge in [-0.1, -0.05) is 0 Å². The van der Waals surface area contributed by atoms with Crippen LogP contribution in [0.3, 0.4) is 0 Å². The minimum Gasteiger partial charge on any atom is -0.367 e. The van der Waals surface area contributed by atoms with Crippen molar-refractivity contribution in [3.05, 3.63) is 45.4 Å². The number of carbonyl (C=O) groups excluding carboxylic acids is 1. The van der Waals surface area contributed by atoms with Gasteiger partial charge in [0.15, 0.2) is 17.4 Å². The highest BCUT2D eigenvalue weighted by atomic mass is 19.2. The lowest BCUT2D eigenvalue weighted by molar-refractivity contribution is 0.0648. The van der Waals surface area contributed by atoms with E-state index in [9.17, 15) is 18.4 Å². The maximum absolute atomic E-state index is 13.4. The van der Waals surface area contributed by atoms with Crippen LogP contribution in [0.5, 0.6) is 0 Å². The van der Waals surface area contributed by atoms with E-state index >= 15 is 0 Å². The molecule has 98 valence electrons. The first-order valence-corrected chi connectivity index (χ1v) is 5.62. The fourth-order valence-corrected chi connectivity index (χ4v) is 2.35. The molecule has 0 saturated carbocycles. The van der Waals surface area contributed by atoms with E-state index in [0.29, 0.717) is 5.69 Å². The van der Waals surface area contributed by atoms with E-state index in [0.717, 1.165) is 12.1 Å². The Morgan fingerprint density at radius 1 is 1.11 bits per heavy atom. The number of benzene rings is 1. The number of ether oxygens (including phenoxy) is 1. The summed E-state index contributed by atoms with van der Waals surface area (Å²) in [6.45, 7) is -0.0267. The van der Waals surface area contributed by atoms with E-state index in [1.165, 1.54) is 11.6 Å². The molecule has 1 aliphatic rings. The van der Waals surface area contributed by atoms with E-state index in [4.69, 9.17) is 4.74 Å². The molecule has 6 heteroatoms. The number of aromatic nitrogens is 1. The van der Waals surface area contributed by atoms with Gasteiger partial charge in [-0.2, -0.15) is 0 Å². The minimum atomic E-state index is -1.11. The molecule has 0 aliphatic carbocycles. The Morgan fingerprint density at radius 2 is 1.74 bits per heavy atom. The smallest absolute Gasteiger partial charge is 0.258 e. The number of hydrogen-bond donors (Lipinski definition) is 0. The molecule has 2 heterocycles. The van der Waals surface area contributed by atoms with Crippen molar-refractivity contribution in [1.82, 2.24) is 4.57 Å². The van der Waals surface area contributed by atoms with Gasteiger partial charge in [-0.05, 0) is 12.1 Å². The van der Waals surface area contributed by atoms with Crippen LogP contribution in [0, 0.1) is 11.6 Å². The first-order chi connectivity index (χ1) is 9.00. The third-order valence-corrected chi connectivity index (χ3v) is 3.31.